The maximum absolute atomic E-state index is 12.2. The molecule has 12 nitrogen and oxygen atoms in total. The van der Waals surface area contributed by atoms with Gasteiger partial charge in [0.05, 0.1) is 23.5 Å². The molecule has 2 heterocycles. The molecule has 0 saturated carbocycles. The summed E-state index contributed by atoms with van der Waals surface area (Å²) in [6.07, 6.45) is 0.00168. The highest BCUT2D eigenvalue weighted by molar-refractivity contribution is 7.41. The molecule has 2 unspecified atom stereocenters. The van der Waals surface area contributed by atoms with Crippen LogP contribution >= 0.6 is 20.2 Å². The van der Waals surface area contributed by atoms with Gasteiger partial charge in [-0.2, -0.15) is 4.98 Å². The number of nitrogens with zero attached hydrogens (tertiary/aromatic N) is 2. The molecule has 1 fully saturated rings. The van der Waals surface area contributed by atoms with E-state index in [9.17, 15) is 14.4 Å². The van der Waals surface area contributed by atoms with Crippen molar-refractivity contribution in [1.82, 2.24) is 9.55 Å². The summed E-state index contributed by atoms with van der Waals surface area (Å²) in [5.41, 5.74) is 3.51. The van der Waals surface area contributed by atoms with Gasteiger partial charge in [0.25, 0.3) is 0 Å². The van der Waals surface area contributed by atoms with Crippen LogP contribution in [0.3, 0.4) is 0 Å². The van der Waals surface area contributed by atoms with Crippen LogP contribution in [0.5, 0.6) is 0 Å². The molecule has 0 radical (unpaired) electrons. The summed E-state index contributed by atoms with van der Waals surface area (Å²) in [6, 6.07) is 1.37. The van der Waals surface area contributed by atoms with Gasteiger partial charge >= 0.3 is 26.2 Å². The van der Waals surface area contributed by atoms with Gasteiger partial charge in [0.15, 0.2) is 0 Å². The SMILES string of the molecule is CC(C)(C)C(=O)OCOP(OCOC(=O)C(C)(C)C)OCC1CCC(n2c(Cl)cc(N)nc2=O)O1. The van der Waals surface area contributed by atoms with E-state index in [0.29, 0.717) is 12.8 Å². The van der Waals surface area contributed by atoms with Crippen molar-refractivity contribution >= 4 is 38.0 Å². The van der Waals surface area contributed by atoms with E-state index in [1.807, 2.05) is 0 Å². The number of hydrogen-bond donors (Lipinski definition) is 1. The molecule has 2 rings (SSSR count). The lowest BCUT2D eigenvalue weighted by Crippen LogP contribution is -2.29. The van der Waals surface area contributed by atoms with E-state index in [2.05, 4.69) is 4.98 Å². The Bertz CT molecular complexity index is 913. The van der Waals surface area contributed by atoms with Crippen LogP contribution < -0.4 is 11.4 Å². The van der Waals surface area contributed by atoms with Crippen molar-refractivity contribution in [2.45, 2.75) is 66.7 Å². The van der Waals surface area contributed by atoms with Gasteiger partial charge in [0.1, 0.15) is 17.2 Å². The highest BCUT2D eigenvalue weighted by Gasteiger charge is 2.31. The quantitative estimate of drug-likeness (QED) is 0.202. The Labute approximate surface area is 210 Å². The molecule has 2 atom stereocenters. The fraction of sp³-hybridized carbons (Fsp3) is 0.714. The number of hydrogen-bond acceptors (Lipinski definition) is 11. The number of esters is 2. The van der Waals surface area contributed by atoms with E-state index < -0.39 is 63.0 Å². The van der Waals surface area contributed by atoms with Gasteiger partial charge in [-0.3, -0.25) is 23.2 Å². The molecule has 0 aliphatic carbocycles. The monoisotopic (exact) mass is 537 g/mol. The molecule has 198 valence electrons. The number of nitrogens with two attached hydrogens (primary N) is 1. The normalized spacial score (nSPS) is 18.6. The molecule has 1 aliphatic rings. The van der Waals surface area contributed by atoms with Gasteiger partial charge in [-0.15, -0.1) is 0 Å². The first-order chi connectivity index (χ1) is 16.2. The van der Waals surface area contributed by atoms with Gasteiger partial charge in [0.2, 0.25) is 13.6 Å². The van der Waals surface area contributed by atoms with Gasteiger partial charge in [-0.05, 0) is 54.4 Å². The van der Waals surface area contributed by atoms with Crippen LogP contribution in [0.4, 0.5) is 5.82 Å². The maximum atomic E-state index is 12.2. The lowest BCUT2D eigenvalue weighted by Gasteiger charge is -2.22. The number of ether oxygens (including phenoxy) is 3. The second-order valence-corrected chi connectivity index (χ2v) is 11.4. The second kappa shape index (κ2) is 12.4. The Morgan fingerprint density at radius 2 is 1.63 bits per heavy atom. The number of carbonyl (C=O) groups excluding carboxylic acids is 2. The molecule has 0 spiro atoms. The van der Waals surface area contributed by atoms with E-state index in [1.54, 1.807) is 41.5 Å². The average Bonchev–Trinajstić information content (AvgIpc) is 3.17. The van der Waals surface area contributed by atoms with Gasteiger partial charge in [-0.25, -0.2) is 4.79 Å². The minimum absolute atomic E-state index is 0.0217. The van der Waals surface area contributed by atoms with Crippen molar-refractivity contribution in [3.63, 3.8) is 0 Å². The molecule has 0 amide bonds. The van der Waals surface area contributed by atoms with Gasteiger partial charge < -0.3 is 24.5 Å². The molecule has 2 N–H and O–H groups in total. The molecule has 14 heteroatoms. The van der Waals surface area contributed by atoms with Crippen LogP contribution in [0.2, 0.25) is 5.15 Å². The topological polar surface area (TPSA) is 150 Å². The molecule has 1 saturated heterocycles. The van der Waals surface area contributed by atoms with Crippen LogP contribution in [-0.2, 0) is 37.4 Å². The molecular weight excluding hydrogens is 505 g/mol. The zero-order valence-corrected chi connectivity index (χ0v) is 22.4. The van der Waals surface area contributed by atoms with Crippen LogP contribution in [0, 0.1) is 10.8 Å². The maximum Gasteiger partial charge on any atom is 0.352 e. The van der Waals surface area contributed by atoms with Crippen molar-refractivity contribution in [3.8, 4) is 0 Å². The first-order valence-corrected chi connectivity index (χ1v) is 12.4. The lowest BCUT2D eigenvalue weighted by molar-refractivity contribution is -0.162. The average molecular weight is 538 g/mol. The second-order valence-electron chi connectivity index (χ2n) is 9.82. The van der Waals surface area contributed by atoms with E-state index >= 15 is 0 Å². The summed E-state index contributed by atoms with van der Waals surface area (Å²) in [6.45, 7) is 9.46. The van der Waals surface area contributed by atoms with Crippen LogP contribution in [-0.4, -0.2) is 47.8 Å². The first-order valence-electron chi connectivity index (χ1n) is 10.9. The van der Waals surface area contributed by atoms with Gasteiger partial charge in [-0.1, -0.05) is 11.6 Å². The first kappa shape index (κ1) is 29.4. The molecule has 0 aromatic carbocycles. The van der Waals surface area contributed by atoms with Crippen molar-refractivity contribution in [2.24, 2.45) is 10.8 Å². The minimum Gasteiger partial charge on any atom is -0.438 e. The third-order valence-electron chi connectivity index (χ3n) is 4.59. The fourth-order valence-electron chi connectivity index (χ4n) is 2.67. The minimum atomic E-state index is -2.05. The predicted octanol–water partition coefficient (Wildman–Crippen LogP) is 3.53. The number of carbonyl (C=O) groups is 2. The Morgan fingerprint density at radius 3 is 2.11 bits per heavy atom. The van der Waals surface area contributed by atoms with E-state index in [4.69, 9.17) is 45.1 Å². The lowest BCUT2D eigenvalue weighted by atomic mass is 9.98. The summed E-state index contributed by atoms with van der Waals surface area (Å²) in [5, 5.41) is 0.115. The van der Waals surface area contributed by atoms with Crippen molar-refractivity contribution in [1.29, 1.82) is 0 Å². The van der Waals surface area contributed by atoms with Crippen LogP contribution in [0.25, 0.3) is 0 Å². The number of rotatable bonds is 10. The fourth-order valence-corrected chi connectivity index (χ4v) is 3.76. The van der Waals surface area contributed by atoms with Gasteiger partial charge in [0, 0.05) is 6.07 Å². The summed E-state index contributed by atoms with van der Waals surface area (Å²) < 4.78 is 33.8. The number of anilines is 1. The summed E-state index contributed by atoms with van der Waals surface area (Å²) in [4.78, 5) is 39.8. The summed E-state index contributed by atoms with van der Waals surface area (Å²) >= 11 is 6.13. The molecule has 0 bridgehead atoms. The van der Waals surface area contributed by atoms with E-state index in [0.717, 1.165) is 0 Å². The molecular formula is C21H33ClN3O9P. The van der Waals surface area contributed by atoms with Crippen LogP contribution in [0.1, 0.15) is 60.6 Å². The van der Waals surface area contributed by atoms with Crippen molar-refractivity contribution < 1.29 is 37.4 Å². The molecule has 1 aromatic rings. The smallest absolute Gasteiger partial charge is 0.352 e. The number of halogens is 1. The Hall–Kier alpha value is -1.82. The van der Waals surface area contributed by atoms with Crippen LogP contribution in [0.15, 0.2) is 10.9 Å². The molecule has 1 aliphatic heterocycles. The summed E-state index contributed by atoms with van der Waals surface area (Å²) in [7, 11) is -2.05. The zero-order chi connectivity index (χ0) is 26.4. The zero-order valence-electron chi connectivity index (χ0n) is 20.7. The van der Waals surface area contributed by atoms with Crippen molar-refractivity contribution in [2.75, 3.05) is 25.9 Å². The highest BCUT2D eigenvalue weighted by Crippen LogP contribution is 2.41. The number of nitrogen functional groups attached to an aromatic ring is 1. The summed E-state index contributed by atoms with van der Waals surface area (Å²) in [5.74, 6) is -0.908. The largest absolute Gasteiger partial charge is 0.438 e. The molecule has 35 heavy (non-hydrogen) atoms. The molecule has 1 aromatic heterocycles. The Kier molecular flexibility index (Phi) is 10.4. The third-order valence-corrected chi connectivity index (χ3v) is 5.87. The number of aromatic nitrogens is 2. The predicted molar refractivity (Wildman–Crippen MR) is 127 cm³/mol. The van der Waals surface area contributed by atoms with E-state index in [1.165, 1.54) is 10.6 Å². The third kappa shape index (κ3) is 9.29. The van der Waals surface area contributed by atoms with Crippen molar-refractivity contribution in [3.05, 3.63) is 21.7 Å². The standard InChI is InChI=1S/C21H33ClN3O9P/c1-20(2,3)17(26)29-11-32-35(33-12-30-18(27)21(4,5)6)31-10-13-7-8-16(34-13)25-14(22)9-15(23)24-19(25)28/h9,13,16H,7-8,10-12H2,1-6H3,(H2,23,24,28). The highest BCUT2D eigenvalue weighted by atomic mass is 35.5. The Balaban J connectivity index is 1.92. The Morgan fingerprint density at radius 1 is 1.09 bits per heavy atom. The van der Waals surface area contributed by atoms with E-state index in [-0.39, 0.29) is 17.6 Å².